The minimum Gasteiger partial charge on any atom is -0.381 e. The summed E-state index contributed by atoms with van der Waals surface area (Å²) >= 11 is 0. The lowest BCUT2D eigenvalue weighted by atomic mass is 9.73. The Morgan fingerprint density at radius 2 is 2.00 bits per heavy atom. The average molecular weight is 301 g/mol. The molecule has 1 N–H and O–H groups in total. The molecular weight excluding hydrogens is 283 g/mol. The van der Waals surface area contributed by atoms with Crippen LogP contribution >= 0.6 is 0 Å². The van der Waals surface area contributed by atoms with Crippen LogP contribution in [0.2, 0.25) is 0 Å². The minimum absolute atomic E-state index is 0.187. The fraction of sp³-hybridized carbons (Fsp3) is 0.533. The zero-order valence-electron chi connectivity index (χ0n) is 11.8. The van der Waals surface area contributed by atoms with E-state index in [4.69, 9.17) is 4.74 Å². The molecule has 0 saturated carbocycles. The van der Waals surface area contributed by atoms with Crippen molar-refractivity contribution in [3.05, 3.63) is 35.4 Å². The number of rotatable bonds is 3. The summed E-state index contributed by atoms with van der Waals surface area (Å²) in [7, 11) is 0. The van der Waals surface area contributed by atoms with Gasteiger partial charge in [-0.1, -0.05) is 18.2 Å². The lowest BCUT2D eigenvalue weighted by Crippen LogP contribution is -2.44. The molecule has 1 heterocycles. The molecule has 1 aliphatic heterocycles. The first-order chi connectivity index (χ1) is 9.83. The van der Waals surface area contributed by atoms with Gasteiger partial charge >= 0.3 is 6.18 Å². The SMILES string of the molecule is CC(=O)NCC1(c2cccc(C(F)(F)F)c2)CCOCC1. The summed E-state index contributed by atoms with van der Waals surface area (Å²) in [6.45, 7) is 2.69. The number of carbonyl (C=O) groups is 1. The van der Waals surface area contributed by atoms with Crippen LogP contribution in [0.3, 0.4) is 0 Å². The van der Waals surface area contributed by atoms with E-state index in [9.17, 15) is 18.0 Å². The lowest BCUT2D eigenvalue weighted by Gasteiger charge is -2.38. The Morgan fingerprint density at radius 1 is 1.33 bits per heavy atom. The highest BCUT2D eigenvalue weighted by molar-refractivity contribution is 5.73. The topological polar surface area (TPSA) is 38.3 Å². The molecule has 0 spiro atoms. The van der Waals surface area contributed by atoms with E-state index >= 15 is 0 Å². The van der Waals surface area contributed by atoms with Crippen LogP contribution in [-0.4, -0.2) is 25.7 Å². The Morgan fingerprint density at radius 3 is 2.57 bits per heavy atom. The van der Waals surface area contributed by atoms with E-state index in [1.54, 1.807) is 6.07 Å². The number of benzene rings is 1. The van der Waals surface area contributed by atoms with E-state index in [2.05, 4.69) is 5.32 Å². The van der Waals surface area contributed by atoms with Crippen molar-refractivity contribution in [3.63, 3.8) is 0 Å². The number of ether oxygens (including phenoxy) is 1. The second-order valence-corrected chi connectivity index (χ2v) is 5.38. The van der Waals surface area contributed by atoms with Gasteiger partial charge in [0, 0.05) is 32.1 Å². The molecule has 1 aromatic carbocycles. The molecule has 1 saturated heterocycles. The molecule has 1 aliphatic rings. The number of carbonyl (C=O) groups excluding carboxylic acids is 1. The predicted molar refractivity (Wildman–Crippen MR) is 71.9 cm³/mol. The van der Waals surface area contributed by atoms with Gasteiger partial charge in [-0.3, -0.25) is 4.79 Å². The third kappa shape index (κ3) is 3.75. The normalized spacial score (nSPS) is 18.3. The summed E-state index contributed by atoms with van der Waals surface area (Å²) in [6, 6.07) is 5.37. The van der Waals surface area contributed by atoms with Crippen molar-refractivity contribution >= 4 is 5.91 Å². The van der Waals surface area contributed by atoms with Crippen LogP contribution in [0.5, 0.6) is 0 Å². The summed E-state index contributed by atoms with van der Waals surface area (Å²) in [5, 5.41) is 2.74. The first-order valence-electron chi connectivity index (χ1n) is 6.83. The van der Waals surface area contributed by atoms with Gasteiger partial charge in [0.05, 0.1) is 5.56 Å². The van der Waals surface area contributed by atoms with Crippen molar-refractivity contribution in [1.29, 1.82) is 0 Å². The molecule has 21 heavy (non-hydrogen) atoms. The van der Waals surface area contributed by atoms with Crippen molar-refractivity contribution in [1.82, 2.24) is 5.32 Å². The third-order valence-corrected chi connectivity index (χ3v) is 3.93. The van der Waals surface area contributed by atoms with Crippen molar-refractivity contribution in [2.75, 3.05) is 19.8 Å². The van der Waals surface area contributed by atoms with Crippen molar-refractivity contribution in [3.8, 4) is 0 Å². The quantitative estimate of drug-likeness (QED) is 0.932. The van der Waals surface area contributed by atoms with Gasteiger partial charge in [0.1, 0.15) is 0 Å². The molecule has 0 atom stereocenters. The molecule has 0 aliphatic carbocycles. The Hall–Kier alpha value is -1.56. The number of hydrogen-bond acceptors (Lipinski definition) is 2. The molecule has 6 heteroatoms. The maximum atomic E-state index is 12.9. The van der Waals surface area contributed by atoms with Gasteiger partial charge in [0.15, 0.2) is 0 Å². The molecule has 0 aromatic heterocycles. The van der Waals surface area contributed by atoms with Crippen molar-refractivity contribution in [2.45, 2.75) is 31.4 Å². The van der Waals surface area contributed by atoms with Gasteiger partial charge in [-0.2, -0.15) is 13.2 Å². The molecule has 0 bridgehead atoms. The maximum Gasteiger partial charge on any atom is 0.416 e. The minimum atomic E-state index is -4.36. The summed E-state index contributed by atoms with van der Waals surface area (Å²) in [6.07, 6.45) is -3.18. The monoisotopic (exact) mass is 301 g/mol. The van der Waals surface area contributed by atoms with Crippen molar-refractivity contribution < 1.29 is 22.7 Å². The Balaban J connectivity index is 2.34. The highest BCUT2D eigenvalue weighted by atomic mass is 19.4. The molecule has 1 aromatic rings. The smallest absolute Gasteiger partial charge is 0.381 e. The molecule has 0 radical (unpaired) electrons. The lowest BCUT2D eigenvalue weighted by molar-refractivity contribution is -0.137. The van der Waals surface area contributed by atoms with Crippen LogP contribution in [-0.2, 0) is 21.1 Å². The van der Waals surface area contributed by atoms with E-state index in [0.717, 1.165) is 6.07 Å². The fourth-order valence-corrected chi connectivity index (χ4v) is 2.65. The molecule has 1 amide bonds. The number of amides is 1. The summed E-state index contributed by atoms with van der Waals surface area (Å²) in [5.74, 6) is -0.187. The van der Waals surface area contributed by atoms with Gasteiger partial charge in [0.25, 0.3) is 0 Å². The molecule has 0 unspecified atom stereocenters. The van der Waals surface area contributed by atoms with Crippen LogP contribution in [0.25, 0.3) is 0 Å². The van der Waals surface area contributed by atoms with Crippen molar-refractivity contribution in [2.24, 2.45) is 0 Å². The number of nitrogens with one attached hydrogen (secondary N) is 1. The molecule has 1 fully saturated rings. The predicted octanol–water partition coefficient (Wildman–Crippen LogP) is 2.89. The zero-order valence-corrected chi connectivity index (χ0v) is 11.8. The van der Waals surface area contributed by atoms with Gasteiger partial charge in [0.2, 0.25) is 5.91 Å². The molecular formula is C15H18F3NO2. The molecule has 116 valence electrons. The second kappa shape index (κ2) is 6.05. The Kier molecular flexibility index (Phi) is 4.56. The van der Waals surface area contributed by atoms with E-state index < -0.39 is 17.2 Å². The number of halogens is 3. The molecule has 3 nitrogen and oxygen atoms in total. The summed E-state index contributed by atoms with van der Waals surface area (Å²) in [5.41, 5.74) is -0.548. The van der Waals surface area contributed by atoms with E-state index in [1.807, 2.05) is 0 Å². The summed E-state index contributed by atoms with van der Waals surface area (Å²) in [4.78, 5) is 11.2. The highest BCUT2D eigenvalue weighted by Gasteiger charge is 2.37. The number of alkyl halides is 3. The van der Waals surface area contributed by atoms with Crippen LogP contribution < -0.4 is 5.32 Å². The summed E-state index contributed by atoms with van der Waals surface area (Å²) < 4.78 is 44.0. The van der Waals surface area contributed by atoms with Crippen LogP contribution in [0.15, 0.2) is 24.3 Å². The van der Waals surface area contributed by atoms with Crippen LogP contribution in [0, 0.1) is 0 Å². The van der Waals surface area contributed by atoms with Gasteiger partial charge in [-0.25, -0.2) is 0 Å². The van der Waals surface area contributed by atoms with E-state index in [-0.39, 0.29) is 5.91 Å². The Bertz CT molecular complexity index is 508. The van der Waals surface area contributed by atoms with Crippen LogP contribution in [0.4, 0.5) is 13.2 Å². The van der Waals surface area contributed by atoms with E-state index in [1.165, 1.54) is 19.1 Å². The largest absolute Gasteiger partial charge is 0.416 e. The average Bonchev–Trinajstić information content (AvgIpc) is 2.45. The van der Waals surface area contributed by atoms with E-state index in [0.29, 0.717) is 38.2 Å². The fourth-order valence-electron chi connectivity index (χ4n) is 2.65. The molecule has 2 rings (SSSR count). The van der Waals surface area contributed by atoms with Crippen LogP contribution in [0.1, 0.15) is 30.9 Å². The standard InChI is InChI=1S/C15H18F3NO2/c1-11(20)19-10-14(5-7-21-8-6-14)12-3-2-4-13(9-12)15(16,17)18/h2-4,9H,5-8,10H2,1H3,(H,19,20). The van der Waals surface area contributed by atoms with Gasteiger partial charge in [-0.15, -0.1) is 0 Å². The van der Waals surface area contributed by atoms with Gasteiger partial charge < -0.3 is 10.1 Å². The number of hydrogen-bond donors (Lipinski definition) is 1. The maximum absolute atomic E-state index is 12.9. The third-order valence-electron chi connectivity index (χ3n) is 3.93. The van der Waals surface area contributed by atoms with Gasteiger partial charge in [-0.05, 0) is 24.5 Å². The first kappa shape index (κ1) is 15.8. The Labute approximate surface area is 121 Å². The highest BCUT2D eigenvalue weighted by Crippen LogP contribution is 2.37. The zero-order chi connectivity index (χ0) is 15.5. The first-order valence-corrected chi connectivity index (χ1v) is 6.83. The second-order valence-electron chi connectivity index (χ2n) is 5.38.